The smallest absolute Gasteiger partial charge is 0.0149 e. The molecule has 1 saturated carbocycles. The molecule has 6 heavy (non-hydrogen) atoms. The van der Waals surface area contributed by atoms with Gasteiger partial charge < -0.3 is 0 Å². The Morgan fingerprint density at radius 3 is 2.00 bits per heavy atom. The van der Waals surface area contributed by atoms with Gasteiger partial charge in [-0.05, 0) is 29.7 Å². The minimum absolute atomic E-state index is 0. The monoisotopic (exact) mass is 100 g/mol. The molecule has 0 nitrogen and oxygen atoms in total. The molecule has 0 amide bonds. The van der Waals surface area contributed by atoms with Gasteiger partial charge in [-0.3, -0.25) is 0 Å². The van der Waals surface area contributed by atoms with Gasteiger partial charge in [0.1, 0.15) is 0 Å². The first-order valence-electron chi connectivity index (χ1n) is 2.06. The third kappa shape index (κ3) is 1.41. The van der Waals surface area contributed by atoms with Gasteiger partial charge in [0.2, 0.25) is 0 Å². The minimum Gasteiger partial charge on any atom is -0.103 e. The molecule has 0 spiro atoms. The van der Waals surface area contributed by atoms with Gasteiger partial charge in [0, 0.05) is 0 Å². The minimum atomic E-state index is 0. The average Bonchev–Trinajstić information content (AvgIpc) is 2.12. The Hall–Kier alpha value is -0.0431. The fourth-order valence-corrected chi connectivity index (χ4v) is 0.332. The highest BCUT2D eigenvalue weighted by molar-refractivity contribution is 5.75. The third-order valence-electron chi connectivity index (χ3n) is 0.955. The van der Waals surface area contributed by atoms with E-state index in [1.807, 2.05) is 6.08 Å². The van der Waals surface area contributed by atoms with Crippen LogP contribution in [-0.4, -0.2) is 11.0 Å². The number of rotatable bonds is 1. The second-order valence-electron chi connectivity index (χ2n) is 1.57. The Bertz CT molecular complexity index is 45.9. The summed E-state index contributed by atoms with van der Waals surface area (Å²) in [4.78, 5) is 0. The molecule has 0 heterocycles. The summed E-state index contributed by atoms with van der Waals surface area (Å²) in [5.74, 6) is 0.898. The van der Waals surface area contributed by atoms with Gasteiger partial charge in [0.25, 0.3) is 0 Å². The summed E-state index contributed by atoms with van der Waals surface area (Å²) in [6.45, 7) is 3.62. The van der Waals surface area contributed by atoms with Crippen LogP contribution >= 0.6 is 0 Å². The molecule has 36 valence electrons. The Labute approximate surface area is 43.3 Å². The molecule has 1 fully saturated rings. The van der Waals surface area contributed by atoms with Gasteiger partial charge in [-0.25, -0.2) is 0 Å². The van der Waals surface area contributed by atoms with Crippen LogP contribution in [0.3, 0.4) is 0 Å². The first-order valence-corrected chi connectivity index (χ1v) is 2.06. The SMILES string of the molecule is C=CC1CC1.[SiH4]. The molecule has 1 aliphatic carbocycles. The topological polar surface area (TPSA) is 0 Å². The van der Waals surface area contributed by atoms with Crippen molar-refractivity contribution < 1.29 is 0 Å². The zero-order valence-electron chi connectivity index (χ0n) is 3.28. The predicted octanol–water partition coefficient (Wildman–Crippen LogP) is 0.131. The third-order valence-corrected chi connectivity index (χ3v) is 0.955. The molecule has 0 radical (unpaired) electrons. The van der Waals surface area contributed by atoms with Gasteiger partial charge in [0.15, 0.2) is 0 Å². The molecule has 0 bridgehead atoms. The maximum atomic E-state index is 3.62. The summed E-state index contributed by atoms with van der Waals surface area (Å²) in [5.41, 5.74) is 0. The fourth-order valence-electron chi connectivity index (χ4n) is 0.332. The predicted molar refractivity (Wildman–Crippen MR) is 34.3 cm³/mol. The van der Waals surface area contributed by atoms with Crippen molar-refractivity contribution in [2.75, 3.05) is 0 Å². The molecule has 1 aliphatic rings. The van der Waals surface area contributed by atoms with Crippen molar-refractivity contribution in [3.05, 3.63) is 12.7 Å². The summed E-state index contributed by atoms with van der Waals surface area (Å²) in [7, 11) is 0. The summed E-state index contributed by atoms with van der Waals surface area (Å²) >= 11 is 0. The standard InChI is InChI=1S/C5H8.H4Si/c1-2-5-3-4-5;/h2,5H,1,3-4H2;1H4. The molecule has 0 N–H and O–H groups in total. The first-order chi connectivity index (χ1) is 2.43. The molecule has 0 aliphatic heterocycles. The maximum Gasteiger partial charge on any atom is -0.0149 e. The summed E-state index contributed by atoms with van der Waals surface area (Å²) < 4.78 is 0. The van der Waals surface area contributed by atoms with Crippen molar-refractivity contribution in [2.24, 2.45) is 5.92 Å². The van der Waals surface area contributed by atoms with E-state index in [1.165, 1.54) is 12.8 Å². The highest BCUT2D eigenvalue weighted by Crippen LogP contribution is 2.28. The number of hydrogen-bond acceptors (Lipinski definition) is 0. The van der Waals surface area contributed by atoms with Crippen molar-refractivity contribution in [1.82, 2.24) is 0 Å². The zero-order valence-corrected chi connectivity index (χ0v) is 3.28. The summed E-state index contributed by atoms with van der Waals surface area (Å²) in [6, 6.07) is 0. The van der Waals surface area contributed by atoms with E-state index in [-0.39, 0.29) is 11.0 Å². The van der Waals surface area contributed by atoms with Gasteiger partial charge >= 0.3 is 0 Å². The van der Waals surface area contributed by atoms with Crippen LogP contribution < -0.4 is 0 Å². The van der Waals surface area contributed by atoms with Crippen molar-refractivity contribution in [2.45, 2.75) is 12.8 Å². The quantitative estimate of drug-likeness (QED) is 0.324. The van der Waals surface area contributed by atoms with E-state index in [2.05, 4.69) is 6.58 Å². The van der Waals surface area contributed by atoms with Crippen LogP contribution in [0.1, 0.15) is 12.8 Å². The maximum absolute atomic E-state index is 3.62. The number of hydrogen-bond donors (Lipinski definition) is 0. The van der Waals surface area contributed by atoms with Crippen LogP contribution in [0.25, 0.3) is 0 Å². The summed E-state index contributed by atoms with van der Waals surface area (Å²) in [6.07, 6.45) is 4.81. The molecule has 1 rings (SSSR count). The normalized spacial score (nSPS) is 18.7. The van der Waals surface area contributed by atoms with Crippen LogP contribution in [0.2, 0.25) is 0 Å². The second kappa shape index (κ2) is 2.19. The van der Waals surface area contributed by atoms with Crippen LogP contribution in [-0.2, 0) is 0 Å². The highest BCUT2D eigenvalue weighted by Gasteiger charge is 2.15. The average molecular weight is 100 g/mol. The van der Waals surface area contributed by atoms with Gasteiger partial charge in [-0.15, -0.1) is 6.58 Å². The van der Waals surface area contributed by atoms with Crippen molar-refractivity contribution >= 4 is 11.0 Å². The van der Waals surface area contributed by atoms with E-state index in [1.54, 1.807) is 0 Å². The lowest BCUT2D eigenvalue weighted by molar-refractivity contribution is 1.13. The van der Waals surface area contributed by atoms with Crippen LogP contribution in [0.4, 0.5) is 0 Å². The Kier molecular flexibility index (Phi) is 2.17. The first kappa shape index (κ1) is 5.96. The van der Waals surface area contributed by atoms with Crippen LogP contribution in [0.15, 0.2) is 12.7 Å². The van der Waals surface area contributed by atoms with E-state index < -0.39 is 0 Å². The van der Waals surface area contributed by atoms with E-state index >= 15 is 0 Å². The van der Waals surface area contributed by atoms with E-state index in [9.17, 15) is 0 Å². The molecular weight excluding hydrogens is 88.1 g/mol. The van der Waals surface area contributed by atoms with Crippen LogP contribution in [0, 0.1) is 5.92 Å². The van der Waals surface area contributed by atoms with E-state index in [0.717, 1.165) is 5.92 Å². The Morgan fingerprint density at radius 2 is 2.00 bits per heavy atom. The summed E-state index contributed by atoms with van der Waals surface area (Å²) in [5, 5.41) is 0. The van der Waals surface area contributed by atoms with E-state index in [0.29, 0.717) is 0 Å². The lowest BCUT2D eigenvalue weighted by Crippen LogP contribution is -1.50. The van der Waals surface area contributed by atoms with Gasteiger partial charge in [0.05, 0.1) is 0 Å². The van der Waals surface area contributed by atoms with Gasteiger partial charge in [-0.2, -0.15) is 0 Å². The van der Waals surface area contributed by atoms with Crippen molar-refractivity contribution in [3.63, 3.8) is 0 Å². The Balaban J connectivity index is 0.000000250. The van der Waals surface area contributed by atoms with Crippen molar-refractivity contribution in [3.8, 4) is 0 Å². The molecule has 0 atom stereocenters. The number of allylic oxidation sites excluding steroid dienone is 1. The molecular formula is C5H12Si. The van der Waals surface area contributed by atoms with E-state index in [4.69, 9.17) is 0 Å². The molecule has 0 aromatic heterocycles. The van der Waals surface area contributed by atoms with Crippen LogP contribution in [0.5, 0.6) is 0 Å². The van der Waals surface area contributed by atoms with Gasteiger partial charge in [-0.1, -0.05) is 6.08 Å². The van der Waals surface area contributed by atoms with Crippen molar-refractivity contribution in [1.29, 1.82) is 0 Å². The second-order valence-corrected chi connectivity index (χ2v) is 1.57. The molecule has 0 aromatic rings. The highest BCUT2D eigenvalue weighted by atomic mass is 28.1. The molecule has 0 aromatic carbocycles. The molecule has 1 heteroatoms. The lowest BCUT2D eigenvalue weighted by atomic mass is 10.4. The zero-order chi connectivity index (χ0) is 3.70. The Morgan fingerprint density at radius 1 is 1.50 bits per heavy atom. The largest absolute Gasteiger partial charge is 0.103 e. The molecule has 0 saturated heterocycles. The lowest BCUT2D eigenvalue weighted by Gasteiger charge is -1.63. The fraction of sp³-hybridized carbons (Fsp3) is 0.600. The molecule has 0 unspecified atom stereocenters.